The van der Waals surface area contributed by atoms with Crippen molar-refractivity contribution >= 4 is 59.0 Å². The molecule has 1 saturated heterocycles. The number of benzene rings is 2. The van der Waals surface area contributed by atoms with Gasteiger partial charge in [-0.1, -0.05) is 53.5 Å². The van der Waals surface area contributed by atoms with Crippen molar-refractivity contribution in [3.8, 4) is 0 Å². The lowest BCUT2D eigenvalue weighted by Crippen LogP contribution is -2.37. The lowest BCUT2D eigenvalue weighted by molar-refractivity contribution is -0.128. The monoisotopic (exact) mass is 574 g/mol. The number of guanidine groups is 1. The number of nitrogens with one attached hydrogen (secondary N) is 2. The summed E-state index contributed by atoms with van der Waals surface area (Å²) in [5.41, 5.74) is 3.43. The van der Waals surface area contributed by atoms with Crippen LogP contribution in [0.5, 0.6) is 0 Å². The minimum absolute atomic E-state index is 0. The van der Waals surface area contributed by atoms with Crippen LogP contribution < -0.4 is 10.6 Å². The Morgan fingerprint density at radius 2 is 1.84 bits per heavy atom. The number of carbonyl (C=O) groups is 1. The molecule has 2 N–H and O–H groups in total. The van der Waals surface area contributed by atoms with Gasteiger partial charge in [0, 0.05) is 49.7 Å². The van der Waals surface area contributed by atoms with Gasteiger partial charge in [-0.05, 0) is 48.1 Å². The quantitative estimate of drug-likeness (QED) is 0.201. The van der Waals surface area contributed by atoms with Gasteiger partial charge in [-0.15, -0.1) is 24.0 Å². The number of nitrogens with zero attached hydrogens (tertiary/aromatic N) is 2. The van der Waals surface area contributed by atoms with E-state index in [4.69, 9.17) is 23.2 Å². The van der Waals surface area contributed by atoms with Crippen LogP contribution >= 0.6 is 47.2 Å². The van der Waals surface area contributed by atoms with Crippen molar-refractivity contribution in [1.29, 1.82) is 0 Å². The van der Waals surface area contributed by atoms with Crippen molar-refractivity contribution in [2.24, 2.45) is 4.99 Å². The van der Waals surface area contributed by atoms with Crippen molar-refractivity contribution in [3.63, 3.8) is 0 Å². The summed E-state index contributed by atoms with van der Waals surface area (Å²) in [6.45, 7) is 3.05. The number of rotatable bonds is 8. The van der Waals surface area contributed by atoms with Crippen molar-refractivity contribution in [2.45, 2.75) is 38.8 Å². The van der Waals surface area contributed by atoms with Gasteiger partial charge < -0.3 is 15.5 Å². The van der Waals surface area contributed by atoms with Crippen LogP contribution in [0, 0.1) is 0 Å². The Bertz CT molecular complexity index is 890. The molecule has 3 rings (SSSR count). The first-order valence-corrected chi connectivity index (χ1v) is 11.0. The van der Waals surface area contributed by atoms with E-state index in [0.29, 0.717) is 29.6 Å². The van der Waals surface area contributed by atoms with Crippen LogP contribution in [0.15, 0.2) is 47.5 Å². The molecule has 0 spiro atoms. The summed E-state index contributed by atoms with van der Waals surface area (Å²) in [6, 6.07) is 14.0. The number of hydrogen-bond donors (Lipinski definition) is 2. The van der Waals surface area contributed by atoms with Gasteiger partial charge in [0.15, 0.2) is 5.96 Å². The fourth-order valence-corrected chi connectivity index (χ4v) is 3.97. The molecule has 1 heterocycles. The fourth-order valence-electron chi connectivity index (χ4n) is 3.47. The molecule has 0 radical (unpaired) electrons. The molecule has 5 nitrogen and oxygen atoms in total. The molecule has 0 saturated carbocycles. The summed E-state index contributed by atoms with van der Waals surface area (Å²) in [5, 5.41) is 8.03. The third kappa shape index (κ3) is 8.16. The Labute approximate surface area is 211 Å². The number of aryl methyl sites for hydroxylation is 1. The number of carbonyl (C=O) groups excluding carboxylic acids is 1. The second-order valence-corrected chi connectivity index (χ2v) is 8.27. The molecule has 1 fully saturated rings. The van der Waals surface area contributed by atoms with Crippen LogP contribution in [0.2, 0.25) is 10.0 Å². The molecular weight excluding hydrogens is 546 g/mol. The molecule has 31 heavy (non-hydrogen) atoms. The van der Waals surface area contributed by atoms with Gasteiger partial charge in [0.25, 0.3) is 0 Å². The molecule has 0 unspecified atom stereocenters. The highest BCUT2D eigenvalue weighted by Gasteiger charge is 2.19. The minimum atomic E-state index is 0. The second kappa shape index (κ2) is 13.1. The topological polar surface area (TPSA) is 56.7 Å². The van der Waals surface area contributed by atoms with Gasteiger partial charge in [0.2, 0.25) is 5.91 Å². The van der Waals surface area contributed by atoms with Crippen LogP contribution in [-0.4, -0.2) is 36.9 Å². The van der Waals surface area contributed by atoms with Crippen LogP contribution in [0.1, 0.15) is 36.0 Å². The van der Waals surface area contributed by atoms with E-state index in [0.717, 1.165) is 49.4 Å². The molecule has 1 aliphatic rings. The molecule has 0 aromatic heterocycles. The van der Waals surface area contributed by atoms with E-state index in [1.807, 2.05) is 17.0 Å². The van der Waals surface area contributed by atoms with E-state index < -0.39 is 0 Å². The standard InChI is InChI=1S/C23H28Cl2N4O.HI/c1-26-23(27-12-2-4-19-10-11-20(24)14-21(19)25)28-15-17-6-8-18(9-7-17)16-29-13-3-5-22(29)30;/h6-11,14H,2-5,12-13,15-16H2,1H3,(H2,26,27,28);1H. The van der Waals surface area contributed by atoms with Gasteiger partial charge in [-0.3, -0.25) is 9.79 Å². The summed E-state index contributed by atoms with van der Waals surface area (Å²) < 4.78 is 0. The number of likely N-dealkylation sites (tertiary alicyclic amines) is 1. The largest absolute Gasteiger partial charge is 0.356 e. The molecular formula is C23H29Cl2IN4O. The molecule has 2 aromatic rings. The lowest BCUT2D eigenvalue weighted by Gasteiger charge is -2.16. The van der Waals surface area contributed by atoms with Gasteiger partial charge in [0.1, 0.15) is 0 Å². The van der Waals surface area contributed by atoms with E-state index in [9.17, 15) is 4.79 Å². The van der Waals surface area contributed by atoms with E-state index >= 15 is 0 Å². The minimum Gasteiger partial charge on any atom is -0.356 e. The Kier molecular flexibility index (Phi) is 10.9. The molecule has 0 aliphatic carbocycles. The first kappa shape index (κ1) is 25.7. The second-order valence-electron chi connectivity index (χ2n) is 7.43. The van der Waals surface area contributed by atoms with Gasteiger partial charge in [-0.25, -0.2) is 0 Å². The third-order valence-electron chi connectivity index (χ3n) is 5.18. The summed E-state index contributed by atoms with van der Waals surface area (Å²) in [5.74, 6) is 1.03. The van der Waals surface area contributed by atoms with Crippen molar-refractivity contribution < 1.29 is 4.79 Å². The molecule has 168 valence electrons. The van der Waals surface area contributed by atoms with Gasteiger partial charge in [-0.2, -0.15) is 0 Å². The highest BCUT2D eigenvalue weighted by molar-refractivity contribution is 14.0. The van der Waals surface area contributed by atoms with E-state index in [2.05, 4.69) is 39.9 Å². The summed E-state index contributed by atoms with van der Waals surface area (Å²) >= 11 is 12.2. The maximum Gasteiger partial charge on any atom is 0.222 e. The SMILES string of the molecule is CN=C(NCCCc1ccc(Cl)cc1Cl)NCc1ccc(CN2CCCC2=O)cc1.I. The van der Waals surface area contributed by atoms with E-state index in [-0.39, 0.29) is 29.9 Å². The highest BCUT2D eigenvalue weighted by Crippen LogP contribution is 2.21. The van der Waals surface area contributed by atoms with Crippen molar-refractivity contribution in [2.75, 3.05) is 20.1 Å². The van der Waals surface area contributed by atoms with Gasteiger partial charge >= 0.3 is 0 Å². The molecule has 1 aliphatic heterocycles. The van der Waals surface area contributed by atoms with Crippen molar-refractivity contribution in [3.05, 3.63) is 69.2 Å². The number of halogens is 3. The molecule has 0 atom stereocenters. The summed E-state index contributed by atoms with van der Waals surface area (Å²) in [4.78, 5) is 18.0. The molecule has 0 bridgehead atoms. The molecule has 2 aromatic carbocycles. The number of amides is 1. The Hall–Kier alpha value is -1.51. The van der Waals surface area contributed by atoms with Crippen LogP contribution in [0.25, 0.3) is 0 Å². The maximum atomic E-state index is 11.8. The van der Waals surface area contributed by atoms with E-state index in [1.54, 1.807) is 13.1 Å². The number of hydrogen-bond acceptors (Lipinski definition) is 2. The Morgan fingerprint density at radius 3 is 2.48 bits per heavy atom. The van der Waals surface area contributed by atoms with Crippen LogP contribution in [0.4, 0.5) is 0 Å². The smallest absolute Gasteiger partial charge is 0.222 e. The Balaban J connectivity index is 0.00000341. The molecule has 1 amide bonds. The zero-order valence-electron chi connectivity index (χ0n) is 17.7. The normalized spacial score (nSPS) is 13.8. The fraction of sp³-hybridized carbons (Fsp3) is 0.391. The summed E-state index contributed by atoms with van der Waals surface area (Å²) in [7, 11) is 1.77. The highest BCUT2D eigenvalue weighted by atomic mass is 127. The zero-order chi connectivity index (χ0) is 21.3. The van der Waals surface area contributed by atoms with Crippen LogP contribution in [-0.2, 0) is 24.3 Å². The first-order chi connectivity index (χ1) is 14.5. The number of aliphatic imine (C=N–C) groups is 1. The van der Waals surface area contributed by atoms with Crippen LogP contribution in [0.3, 0.4) is 0 Å². The predicted molar refractivity (Wildman–Crippen MR) is 139 cm³/mol. The van der Waals surface area contributed by atoms with E-state index in [1.165, 1.54) is 5.56 Å². The third-order valence-corrected chi connectivity index (χ3v) is 5.77. The maximum absolute atomic E-state index is 11.8. The molecule has 8 heteroatoms. The summed E-state index contributed by atoms with van der Waals surface area (Å²) in [6.07, 6.45) is 3.47. The Morgan fingerprint density at radius 1 is 1.10 bits per heavy atom. The van der Waals surface area contributed by atoms with Crippen molar-refractivity contribution in [1.82, 2.24) is 15.5 Å². The zero-order valence-corrected chi connectivity index (χ0v) is 21.5. The lowest BCUT2D eigenvalue weighted by atomic mass is 10.1. The first-order valence-electron chi connectivity index (χ1n) is 10.3. The predicted octanol–water partition coefficient (Wildman–Crippen LogP) is 5.03. The van der Waals surface area contributed by atoms with Gasteiger partial charge in [0.05, 0.1) is 0 Å². The average molecular weight is 575 g/mol. The average Bonchev–Trinajstić information content (AvgIpc) is 3.14.